The average Bonchev–Trinajstić information content (AvgIpc) is 2.82. The summed E-state index contributed by atoms with van der Waals surface area (Å²) in [4.78, 5) is 11.3. The van der Waals surface area contributed by atoms with E-state index in [0.29, 0.717) is 6.54 Å². The highest BCUT2D eigenvalue weighted by Crippen LogP contribution is 2.25. The van der Waals surface area contributed by atoms with Gasteiger partial charge in [-0.2, -0.15) is 0 Å². The number of primary amides is 1. The van der Waals surface area contributed by atoms with E-state index in [1.54, 1.807) is 7.05 Å². The molecule has 1 aliphatic carbocycles. The first-order chi connectivity index (χ1) is 9.85. The fraction of sp³-hybridized carbons (Fsp3) is 0.615. The predicted octanol–water partition coefficient (Wildman–Crippen LogP) is -0.0802. The molecule has 118 valence electrons. The van der Waals surface area contributed by atoms with Crippen LogP contribution in [0, 0.1) is 5.92 Å². The summed E-state index contributed by atoms with van der Waals surface area (Å²) in [5.41, 5.74) is 11.1. The number of sulfonamides is 1. The van der Waals surface area contributed by atoms with Crippen molar-refractivity contribution in [2.45, 2.75) is 36.6 Å². The van der Waals surface area contributed by atoms with Crippen molar-refractivity contribution in [3.63, 3.8) is 0 Å². The maximum atomic E-state index is 12.4. The molecule has 8 heteroatoms. The Hall–Kier alpha value is -1.38. The number of carbonyl (C=O) groups is 1. The molecule has 0 aromatic carbocycles. The topological polar surface area (TPSA) is 120 Å². The Bertz CT molecular complexity index is 623. The van der Waals surface area contributed by atoms with Crippen LogP contribution in [-0.2, 0) is 17.1 Å². The van der Waals surface area contributed by atoms with Crippen LogP contribution in [0.5, 0.6) is 0 Å². The van der Waals surface area contributed by atoms with Gasteiger partial charge in [0.05, 0.1) is 0 Å². The van der Waals surface area contributed by atoms with Crippen molar-refractivity contribution >= 4 is 15.9 Å². The lowest BCUT2D eigenvalue weighted by Gasteiger charge is -2.30. The van der Waals surface area contributed by atoms with E-state index in [4.69, 9.17) is 11.5 Å². The van der Waals surface area contributed by atoms with E-state index < -0.39 is 15.9 Å². The quantitative estimate of drug-likeness (QED) is 0.704. The van der Waals surface area contributed by atoms with Crippen LogP contribution in [0.25, 0.3) is 0 Å². The number of hydrogen-bond acceptors (Lipinski definition) is 4. The lowest BCUT2D eigenvalue weighted by Crippen LogP contribution is -2.44. The zero-order valence-corrected chi connectivity index (χ0v) is 12.9. The predicted molar refractivity (Wildman–Crippen MR) is 79.1 cm³/mol. The largest absolute Gasteiger partial charge is 0.364 e. The van der Waals surface area contributed by atoms with Crippen LogP contribution in [0.15, 0.2) is 17.2 Å². The van der Waals surface area contributed by atoms with Crippen molar-refractivity contribution in [1.82, 2.24) is 9.29 Å². The van der Waals surface area contributed by atoms with Crippen LogP contribution < -0.4 is 16.2 Å². The minimum atomic E-state index is -3.67. The van der Waals surface area contributed by atoms with Crippen molar-refractivity contribution < 1.29 is 13.2 Å². The zero-order chi connectivity index (χ0) is 15.6. The molecule has 2 rings (SSSR count). The lowest BCUT2D eigenvalue weighted by atomic mass is 9.85. The molecule has 0 aliphatic heterocycles. The summed E-state index contributed by atoms with van der Waals surface area (Å²) >= 11 is 0. The highest BCUT2D eigenvalue weighted by atomic mass is 32.2. The number of rotatable bonds is 5. The Balaban J connectivity index is 2.21. The molecular formula is C13H22N4O3S. The minimum Gasteiger partial charge on any atom is -0.364 e. The van der Waals surface area contributed by atoms with E-state index >= 15 is 0 Å². The third-order valence-corrected chi connectivity index (χ3v) is 5.52. The van der Waals surface area contributed by atoms with E-state index in [0.717, 1.165) is 25.7 Å². The highest BCUT2D eigenvalue weighted by Gasteiger charge is 2.29. The second-order valence-electron chi connectivity index (χ2n) is 5.54. The Labute approximate surface area is 124 Å². The fourth-order valence-electron chi connectivity index (χ4n) is 2.84. The number of amides is 1. The molecule has 1 aromatic heterocycles. The molecule has 0 radical (unpaired) electrons. The second kappa shape index (κ2) is 6.17. The van der Waals surface area contributed by atoms with Crippen molar-refractivity contribution in [3.8, 4) is 0 Å². The number of nitrogens with one attached hydrogen (secondary N) is 1. The van der Waals surface area contributed by atoms with Gasteiger partial charge in [0.2, 0.25) is 10.0 Å². The summed E-state index contributed by atoms with van der Waals surface area (Å²) in [7, 11) is -2.09. The van der Waals surface area contributed by atoms with Crippen LogP contribution >= 0.6 is 0 Å². The minimum absolute atomic E-state index is 0.0557. The Morgan fingerprint density at radius 3 is 2.67 bits per heavy atom. The van der Waals surface area contributed by atoms with E-state index in [1.807, 2.05) is 0 Å². The molecule has 1 fully saturated rings. The number of carbonyl (C=O) groups excluding carboxylic acids is 1. The second-order valence-corrected chi connectivity index (χ2v) is 7.26. The first kappa shape index (κ1) is 16.0. The molecule has 2 atom stereocenters. The average molecular weight is 314 g/mol. The van der Waals surface area contributed by atoms with Crippen LogP contribution in [0.1, 0.15) is 36.2 Å². The van der Waals surface area contributed by atoms with Gasteiger partial charge in [0, 0.05) is 19.3 Å². The summed E-state index contributed by atoms with van der Waals surface area (Å²) in [6, 6.07) is 1.15. The summed E-state index contributed by atoms with van der Waals surface area (Å²) in [5, 5.41) is 0. The summed E-state index contributed by atoms with van der Waals surface area (Å²) in [6.07, 6.45) is 5.19. The Morgan fingerprint density at radius 1 is 1.43 bits per heavy atom. The normalized spacial score (nSPS) is 23.1. The van der Waals surface area contributed by atoms with E-state index in [2.05, 4.69) is 4.72 Å². The first-order valence-corrected chi connectivity index (χ1v) is 8.52. The van der Waals surface area contributed by atoms with Gasteiger partial charge in [0.25, 0.3) is 5.91 Å². The smallest absolute Gasteiger partial charge is 0.265 e. The summed E-state index contributed by atoms with van der Waals surface area (Å²) < 4.78 is 29.0. The monoisotopic (exact) mass is 314 g/mol. The number of nitrogens with two attached hydrogens (primary N) is 2. The third kappa shape index (κ3) is 3.45. The van der Waals surface area contributed by atoms with Crippen molar-refractivity contribution in [3.05, 3.63) is 18.0 Å². The maximum absolute atomic E-state index is 12.4. The molecule has 1 aliphatic rings. The molecule has 5 N–H and O–H groups in total. The molecule has 1 amide bonds. The van der Waals surface area contributed by atoms with E-state index in [9.17, 15) is 13.2 Å². The number of aryl methyl sites for hydroxylation is 1. The molecule has 1 saturated carbocycles. The van der Waals surface area contributed by atoms with Gasteiger partial charge in [0.15, 0.2) is 0 Å². The highest BCUT2D eigenvalue weighted by molar-refractivity contribution is 7.89. The molecular weight excluding hydrogens is 292 g/mol. The number of hydrogen-bond donors (Lipinski definition) is 3. The molecule has 1 heterocycles. The van der Waals surface area contributed by atoms with Gasteiger partial charge in [-0.1, -0.05) is 12.8 Å². The van der Waals surface area contributed by atoms with Gasteiger partial charge in [-0.25, -0.2) is 13.1 Å². The van der Waals surface area contributed by atoms with Gasteiger partial charge in [-0.15, -0.1) is 0 Å². The van der Waals surface area contributed by atoms with Crippen LogP contribution in [-0.4, -0.2) is 31.5 Å². The van der Waals surface area contributed by atoms with Gasteiger partial charge in [-0.05, 0) is 31.4 Å². The first-order valence-electron chi connectivity index (χ1n) is 7.03. The maximum Gasteiger partial charge on any atom is 0.265 e. The van der Waals surface area contributed by atoms with Crippen molar-refractivity contribution in [2.24, 2.45) is 24.4 Å². The third-order valence-electron chi connectivity index (χ3n) is 4.06. The van der Waals surface area contributed by atoms with Crippen LogP contribution in [0.2, 0.25) is 0 Å². The van der Waals surface area contributed by atoms with Gasteiger partial charge in [-0.3, -0.25) is 4.79 Å². The van der Waals surface area contributed by atoms with Crippen LogP contribution in [0.4, 0.5) is 0 Å². The molecule has 21 heavy (non-hydrogen) atoms. The Morgan fingerprint density at radius 2 is 2.10 bits per heavy atom. The number of aromatic nitrogens is 1. The standard InChI is InChI=1S/C13H22N4O3S/c1-17-8-10(6-12(17)13(15)18)21(19,20)16-11-5-3-2-4-9(11)7-14/h6,8-9,11,16H,2-5,7,14H2,1H3,(H2,15,18). The molecule has 1 aromatic rings. The fourth-order valence-corrected chi connectivity index (χ4v) is 4.25. The van der Waals surface area contributed by atoms with Crippen LogP contribution in [0.3, 0.4) is 0 Å². The van der Waals surface area contributed by atoms with E-state index in [1.165, 1.54) is 16.8 Å². The summed E-state index contributed by atoms with van der Waals surface area (Å²) in [5.74, 6) is -0.496. The molecule has 2 unspecified atom stereocenters. The molecule has 0 bridgehead atoms. The molecule has 0 spiro atoms. The van der Waals surface area contributed by atoms with Crippen molar-refractivity contribution in [2.75, 3.05) is 6.54 Å². The molecule has 7 nitrogen and oxygen atoms in total. The lowest BCUT2D eigenvalue weighted by molar-refractivity contribution is 0.0992. The Kier molecular flexibility index (Phi) is 4.70. The molecule has 0 saturated heterocycles. The van der Waals surface area contributed by atoms with Gasteiger partial charge < -0.3 is 16.0 Å². The summed E-state index contributed by atoms with van der Waals surface area (Å²) in [6.45, 7) is 0.467. The van der Waals surface area contributed by atoms with Crippen molar-refractivity contribution in [1.29, 1.82) is 0 Å². The number of nitrogens with zero attached hydrogens (tertiary/aromatic N) is 1. The SMILES string of the molecule is Cn1cc(S(=O)(=O)NC2CCCCC2CN)cc1C(N)=O. The van der Waals surface area contributed by atoms with E-state index in [-0.39, 0.29) is 22.5 Å². The van der Waals surface area contributed by atoms with Gasteiger partial charge in [0.1, 0.15) is 10.6 Å². The zero-order valence-electron chi connectivity index (χ0n) is 12.1. The van der Waals surface area contributed by atoms with Gasteiger partial charge >= 0.3 is 0 Å².